The SMILES string of the molecule is CCCNc1c(N)nc(C)nc1N(CC)c1c(C)cc(C)cc1C. The zero-order valence-electron chi connectivity index (χ0n) is 15.7. The van der Waals surface area contributed by atoms with Gasteiger partial charge < -0.3 is 16.0 Å². The number of nitrogens with one attached hydrogen (secondary N) is 1. The van der Waals surface area contributed by atoms with E-state index in [0.29, 0.717) is 11.6 Å². The van der Waals surface area contributed by atoms with Gasteiger partial charge in [-0.2, -0.15) is 0 Å². The first kappa shape index (κ1) is 18.0. The molecule has 0 saturated heterocycles. The van der Waals surface area contributed by atoms with Crippen LogP contribution in [0.1, 0.15) is 42.8 Å². The number of aromatic nitrogens is 2. The van der Waals surface area contributed by atoms with Crippen molar-refractivity contribution in [2.24, 2.45) is 0 Å². The van der Waals surface area contributed by atoms with Gasteiger partial charge in [0.05, 0.1) is 0 Å². The minimum absolute atomic E-state index is 0.506. The Hall–Kier alpha value is -2.30. The summed E-state index contributed by atoms with van der Waals surface area (Å²) < 4.78 is 0. The molecule has 0 bridgehead atoms. The number of hydrogen-bond donors (Lipinski definition) is 2. The van der Waals surface area contributed by atoms with Crippen molar-refractivity contribution in [1.82, 2.24) is 9.97 Å². The molecule has 5 heteroatoms. The summed E-state index contributed by atoms with van der Waals surface area (Å²) in [6.45, 7) is 14.2. The second kappa shape index (κ2) is 7.51. The Morgan fingerprint density at radius 1 is 1.04 bits per heavy atom. The lowest BCUT2D eigenvalue weighted by atomic mass is 10.0. The van der Waals surface area contributed by atoms with E-state index in [1.807, 2.05) is 6.92 Å². The smallest absolute Gasteiger partial charge is 0.162 e. The van der Waals surface area contributed by atoms with E-state index in [2.05, 4.69) is 62.0 Å². The molecule has 0 atom stereocenters. The number of nitrogens with zero attached hydrogens (tertiary/aromatic N) is 3. The molecule has 1 aromatic carbocycles. The average molecular weight is 327 g/mol. The number of nitrogens with two attached hydrogens (primary N) is 1. The van der Waals surface area contributed by atoms with Crippen LogP contribution in [0, 0.1) is 27.7 Å². The standard InChI is InChI=1S/C19H29N5/c1-7-9-21-16-18(20)22-15(6)23-19(16)24(8-2)17-13(4)10-12(3)11-14(17)5/h10-11,21H,7-9H2,1-6H3,(H2,20,22,23). The summed E-state index contributed by atoms with van der Waals surface area (Å²) in [4.78, 5) is 11.3. The molecule has 0 unspecified atom stereocenters. The Morgan fingerprint density at radius 2 is 1.67 bits per heavy atom. The molecule has 0 saturated carbocycles. The Bertz CT molecular complexity index is 701. The predicted octanol–water partition coefficient (Wildman–Crippen LogP) is 4.27. The average Bonchev–Trinajstić information content (AvgIpc) is 2.49. The van der Waals surface area contributed by atoms with Crippen LogP contribution in [0.3, 0.4) is 0 Å². The molecule has 2 aromatic rings. The van der Waals surface area contributed by atoms with Gasteiger partial charge in [-0.1, -0.05) is 24.6 Å². The van der Waals surface area contributed by atoms with E-state index in [4.69, 9.17) is 10.7 Å². The van der Waals surface area contributed by atoms with Gasteiger partial charge in [0.1, 0.15) is 11.5 Å². The van der Waals surface area contributed by atoms with Crippen LogP contribution in [-0.4, -0.2) is 23.1 Å². The molecule has 0 aliphatic rings. The summed E-state index contributed by atoms with van der Waals surface area (Å²) >= 11 is 0. The lowest BCUT2D eigenvalue weighted by Crippen LogP contribution is -2.23. The van der Waals surface area contributed by atoms with Crippen LogP contribution in [0.2, 0.25) is 0 Å². The fraction of sp³-hybridized carbons (Fsp3) is 0.474. The predicted molar refractivity (Wildman–Crippen MR) is 103 cm³/mol. The van der Waals surface area contributed by atoms with Crippen molar-refractivity contribution in [2.75, 3.05) is 29.0 Å². The highest BCUT2D eigenvalue weighted by Crippen LogP contribution is 2.37. The monoisotopic (exact) mass is 327 g/mol. The first-order valence-electron chi connectivity index (χ1n) is 8.62. The van der Waals surface area contributed by atoms with Gasteiger partial charge in [-0.25, -0.2) is 9.97 Å². The van der Waals surface area contributed by atoms with Crippen molar-refractivity contribution in [3.05, 3.63) is 34.6 Å². The van der Waals surface area contributed by atoms with Crippen LogP contribution < -0.4 is 16.0 Å². The summed E-state index contributed by atoms with van der Waals surface area (Å²) in [6.07, 6.45) is 1.02. The normalized spacial score (nSPS) is 10.8. The van der Waals surface area contributed by atoms with Gasteiger partial charge in [-0.05, 0) is 52.2 Å². The van der Waals surface area contributed by atoms with E-state index < -0.39 is 0 Å². The number of rotatable bonds is 6. The number of nitrogen functional groups attached to an aromatic ring is 1. The van der Waals surface area contributed by atoms with E-state index in [-0.39, 0.29) is 0 Å². The van der Waals surface area contributed by atoms with Crippen molar-refractivity contribution in [2.45, 2.75) is 48.0 Å². The van der Waals surface area contributed by atoms with E-state index in [9.17, 15) is 0 Å². The largest absolute Gasteiger partial charge is 0.382 e. The molecular formula is C19H29N5. The second-order valence-corrected chi connectivity index (χ2v) is 6.27. The quantitative estimate of drug-likeness (QED) is 0.829. The van der Waals surface area contributed by atoms with Crippen LogP contribution in [0.25, 0.3) is 0 Å². The molecule has 5 nitrogen and oxygen atoms in total. The van der Waals surface area contributed by atoms with Crippen LogP contribution in [0.5, 0.6) is 0 Å². The maximum Gasteiger partial charge on any atom is 0.162 e. The zero-order valence-corrected chi connectivity index (χ0v) is 15.7. The third kappa shape index (κ3) is 3.61. The zero-order chi connectivity index (χ0) is 17.9. The van der Waals surface area contributed by atoms with Gasteiger partial charge in [0, 0.05) is 18.8 Å². The third-order valence-corrected chi connectivity index (χ3v) is 4.06. The van der Waals surface area contributed by atoms with E-state index in [0.717, 1.165) is 31.0 Å². The Labute approximate surface area is 145 Å². The molecular weight excluding hydrogens is 298 g/mol. The van der Waals surface area contributed by atoms with Gasteiger partial charge in [0.2, 0.25) is 0 Å². The molecule has 0 aliphatic carbocycles. The van der Waals surface area contributed by atoms with Crippen molar-refractivity contribution in [3.8, 4) is 0 Å². The van der Waals surface area contributed by atoms with Crippen molar-refractivity contribution < 1.29 is 0 Å². The molecule has 0 fully saturated rings. The molecule has 1 aromatic heterocycles. The Kier molecular flexibility index (Phi) is 5.65. The minimum Gasteiger partial charge on any atom is -0.382 e. The fourth-order valence-electron chi connectivity index (χ4n) is 3.21. The van der Waals surface area contributed by atoms with Gasteiger partial charge in [0.15, 0.2) is 11.6 Å². The highest BCUT2D eigenvalue weighted by Gasteiger charge is 2.20. The molecule has 3 N–H and O–H groups in total. The molecule has 130 valence electrons. The maximum atomic E-state index is 6.19. The first-order chi connectivity index (χ1) is 11.4. The van der Waals surface area contributed by atoms with Crippen molar-refractivity contribution in [1.29, 1.82) is 0 Å². The van der Waals surface area contributed by atoms with E-state index in [1.54, 1.807) is 0 Å². The number of benzene rings is 1. The molecule has 24 heavy (non-hydrogen) atoms. The molecule has 2 rings (SSSR count). The molecule has 0 aliphatic heterocycles. The lowest BCUT2D eigenvalue weighted by molar-refractivity contribution is 0.928. The van der Waals surface area contributed by atoms with Crippen molar-refractivity contribution in [3.63, 3.8) is 0 Å². The van der Waals surface area contributed by atoms with E-state index >= 15 is 0 Å². The van der Waals surface area contributed by atoms with Crippen molar-refractivity contribution >= 4 is 23.0 Å². The topological polar surface area (TPSA) is 67.1 Å². The number of aryl methyl sites for hydroxylation is 4. The summed E-state index contributed by atoms with van der Waals surface area (Å²) in [5.41, 5.74) is 12.0. The fourth-order valence-corrected chi connectivity index (χ4v) is 3.21. The summed E-state index contributed by atoms with van der Waals surface area (Å²) in [7, 11) is 0. The maximum absolute atomic E-state index is 6.19. The highest BCUT2D eigenvalue weighted by molar-refractivity contribution is 5.82. The van der Waals surface area contributed by atoms with Gasteiger partial charge >= 0.3 is 0 Å². The molecule has 1 heterocycles. The Balaban J connectivity index is 2.63. The minimum atomic E-state index is 0.506. The number of anilines is 4. The third-order valence-electron chi connectivity index (χ3n) is 4.06. The van der Waals surface area contributed by atoms with Gasteiger partial charge in [-0.3, -0.25) is 0 Å². The highest BCUT2D eigenvalue weighted by atomic mass is 15.2. The summed E-state index contributed by atoms with van der Waals surface area (Å²) in [6, 6.07) is 4.42. The summed E-state index contributed by atoms with van der Waals surface area (Å²) in [5, 5.41) is 3.40. The van der Waals surface area contributed by atoms with Gasteiger partial charge in [0.25, 0.3) is 0 Å². The second-order valence-electron chi connectivity index (χ2n) is 6.27. The van der Waals surface area contributed by atoms with Crippen LogP contribution in [0.4, 0.5) is 23.0 Å². The molecule has 0 amide bonds. The van der Waals surface area contributed by atoms with E-state index in [1.165, 1.54) is 22.4 Å². The molecule has 0 radical (unpaired) electrons. The van der Waals surface area contributed by atoms with Crippen LogP contribution in [-0.2, 0) is 0 Å². The lowest BCUT2D eigenvalue weighted by Gasteiger charge is -2.29. The van der Waals surface area contributed by atoms with Gasteiger partial charge in [-0.15, -0.1) is 0 Å². The first-order valence-corrected chi connectivity index (χ1v) is 8.62. The van der Waals surface area contributed by atoms with Crippen LogP contribution >= 0.6 is 0 Å². The summed E-state index contributed by atoms with van der Waals surface area (Å²) in [5.74, 6) is 2.04. The Morgan fingerprint density at radius 3 is 2.21 bits per heavy atom. The molecule has 0 spiro atoms. The number of hydrogen-bond acceptors (Lipinski definition) is 5. The van der Waals surface area contributed by atoms with Crippen LogP contribution in [0.15, 0.2) is 12.1 Å².